The number of rotatable bonds is 8. The maximum atomic E-state index is 11.8. The van der Waals surface area contributed by atoms with Gasteiger partial charge in [0.2, 0.25) is 0 Å². The number of amides is 1. The molecular formula is C14H21NO4. The minimum atomic E-state index is -0.808. The van der Waals surface area contributed by atoms with Crippen LogP contribution in [0.4, 0.5) is 0 Å². The van der Waals surface area contributed by atoms with Gasteiger partial charge in [0.15, 0.2) is 5.76 Å². The summed E-state index contributed by atoms with van der Waals surface area (Å²) in [5.41, 5.74) is 1.07. The molecule has 0 bridgehead atoms. The summed E-state index contributed by atoms with van der Waals surface area (Å²) < 4.78 is 5.51. The van der Waals surface area contributed by atoms with Crippen molar-refractivity contribution >= 4 is 11.9 Å². The van der Waals surface area contributed by atoms with Gasteiger partial charge < -0.3 is 14.8 Å². The number of unbranched alkanes of at least 4 members (excludes halogenated alkanes) is 1. The van der Waals surface area contributed by atoms with Crippen LogP contribution < -0.4 is 5.32 Å². The fraction of sp³-hybridized carbons (Fsp3) is 0.571. The van der Waals surface area contributed by atoms with Gasteiger partial charge in [-0.05, 0) is 30.9 Å². The molecule has 0 unspecified atom stereocenters. The van der Waals surface area contributed by atoms with Crippen LogP contribution in [0, 0.1) is 0 Å². The smallest absolute Gasteiger partial charge is 0.303 e. The number of hydrogen-bond donors (Lipinski definition) is 2. The Balaban J connectivity index is 2.41. The number of carboxylic acids is 1. The zero-order valence-corrected chi connectivity index (χ0v) is 11.5. The molecule has 0 aliphatic heterocycles. The van der Waals surface area contributed by atoms with Gasteiger partial charge >= 0.3 is 5.97 Å². The molecule has 0 fully saturated rings. The first-order valence-corrected chi connectivity index (χ1v) is 6.70. The standard InChI is InChI=1S/C14H21NO4/c1-3-10-9-12(19-11(10)4-2)14(18)15-8-6-5-7-13(16)17/h9H,3-8H2,1-2H3,(H,15,18)(H,16,17). The summed E-state index contributed by atoms with van der Waals surface area (Å²) in [5.74, 6) is 0.160. The van der Waals surface area contributed by atoms with Crippen molar-refractivity contribution < 1.29 is 19.1 Å². The Kier molecular flexibility index (Phi) is 6.12. The molecule has 1 rings (SSSR count). The Hall–Kier alpha value is -1.78. The molecule has 19 heavy (non-hydrogen) atoms. The molecule has 1 aromatic rings. The molecule has 1 amide bonds. The van der Waals surface area contributed by atoms with Crippen LogP contribution in [-0.2, 0) is 17.6 Å². The van der Waals surface area contributed by atoms with Gasteiger partial charge in [-0.15, -0.1) is 0 Å². The molecule has 2 N–H and O–H groups in total. The van der Waals surface area contributed by atoms with Gasteiger partial charge in [0.25, 0.3) is 5.91 Å². The normalized spacial score (nSPS) is 10.4. The minimum Gasteiger partial charge on any atom is -0.481 e. The molecule has 0 atom stereocenters. The molecule has 0 aliphatic rings. The first kappa shape index (κ1) is 15.3. The fourth-order valence-electron chi connectivity index (χ4n) is 1.87. The number of carboxylic acid groups (broad SMARTS) is 1. The van der Waals surface area contributed by atoms with Crippen LogP contribution in [0.1, 0.15) is 55.0 Å². The highest BCUT2D eigenvalue weighted by Crippen LogP contribution is 2.16. The molecule has 0 saturated heterocycles. The van der Waals surface area contributed by atoms with Gasteiger partial charge in [-0.3, -0.25) is 9.59 Å². The van der Waals surface area contributed by atoms with Gasteiger partial charge in [0.1, 0.15) is 5.76 Å². The minimum absolute atomic E-state index is 0.136. The summed E-state index contributed by atoms with van der Waals surface area (Å²) >= 11 is 0. The molecule has 0 aliphatic carbocycles. The van der Waals surface area contributed by atoms with Crippen molar-refractivity contribution in [1.82, 2.24) is 5.32 Å². The van der Waals surface area contributed by atoms with Crippen LogP contribution in [0.3, 0.4) is 0 Å². The van der Waals surface area contributed by atoms with E-state index in [1.807, 2.05) is 13.8 Å². The van der Waals surface area contributed by atoms with Gasteiger partial charge in [0.05, 0.1) is 0 Å². The first-order valence-electron chi connectivity index (χ1n) is 6.70. The topological polar surface area (TPSA) is 79.5 Å². The Morgan fingerprint density at radius 3 is 2.53 bits per heavy atom. The number of aliphatic carboxylic acids is 1. The molecule has 5 nitrogen and oxygen atoms in total. The summed E-state index contributed by atoms with van der Waals surface area (Å²) in [6.45, 7) is 4.49. The lowest BCUT2D eigenvalue weighted by Crippen LogP contribution is -2.24. The van der Waals surface area contributed by atoms with Crippen molar-refractivity contribution in [2.75, 3.05) is 6.54 Å². The van der Waals surface area contributed by atoms with Crippen LogP contribution >= 0.6 is 0 Å². The quantitative estimate of drug-likeness (QED) is 0.709. The van der Waals surface area contributed by atoms with Crippen LogP contribution in [-0.4, -0.2) is 23.5 Å². The highest BCUT2D eigenvalue weighted by molar-refractivity contribution is 5.91. The summed E-state index contributed by atoms with van der Waals surface area (Å²) in [4.78, 5) is 22.1. The van der Waals surface area contributed by atoms with Crippen molar-refractivity contribution in [3.8, 4) is 0 Å². The van der Waals surface area contributed by atoms with E-state index in [0.29, 0.717) is 25.1 Å². The second kappa shape index (κ2) is 7.61. The van der Waals surface area contributed by atoms with E-state index in [2.05, 4.69) is 5.32 Å². The predicted molar refractivity (Wildman–Crippen MR) is 71.3 cm³/mol. The Labute approximate surface area is 113 Å². The van der Waals surface area contributed by atoms with Gasteiger partial charge in [0, 0.05) is 19.4 Å². The van der Waals surface area contributed by atoms with Crippen molar-refractivity contribution in [2.24, 2.45) is 0 Å². The lowest BCUT2D eigenvalue weighted by molar-refractivity contribution is -0.137. The van der Waals surface area contributed by atoms with Crippen LogP contribution in [0.5, 0.6) is 0 Å². The average molecular weight is 267 g/mol. The zero-order valence-electron chi connectivity index (χ0n) is 11.5. The largest absolute Gasteiger partial charge is 0.481 e. The number of aryl methyl sites for hydroxylation is 2. The van der Waals surface area contributed by atoms with E-state index in [-0.39, 0.29) is 12.3 Å². The lowest BCUT2D eigenvalue weighted by atomic mass is 10.1. The molecule has 5 heteroatoms. The maximum Gasteiger partial charge on any atom is 0.303 e. The van der Waals surface area contributed by atoms with Crippen molar-refractivity contribution in [3.63, 3.8) is 0 Å². The van der Waals surface area contributed by atoms with Crippen LogP contribution in [0.15, 0.2) is 10.5 Å². The molecule has 0 saturated carbocycles. The SMILES string of the molecule is CCc1cc(C(=O)NCCCCC(=O)O)oc1CC. The number of nitrogens with one attached hydrogen (secondary N) is 1. The zero-order chi connectivity index (χ0) is 14.3. The predicted octanol–water partition coefficient (Wildman–Crippen LogP) is 2.39. The lowest BCUT2D eigenvalue weighted by Gasteiger charge is -2.01. The number of carbonyl (C=O) groups excluding carboxylic acids is 1. The second-order valence-corrected chi connectivity index (χ2v) is 4.37. The molecule has 0 aromatic carbocycles. The van der Waals surface area contributed by atoms with E-state index in [1.165, 1.54) is 0 Å². The fourth-order valence-corrected chi connectivity index (χ4v) is 1.87. The average Bonchev–Trinajstić information content (AvgIpc) is 2.81. The summed E-state index contributed by atoms with van der Waals surface area (Å²) in [7, 11) is 0. The monoisotopic (exact) mass is 267 g/mol. The molecule has 106 valence electrons. The maximum absolute atomic E-state index is 11.8. The highest BCUT2D eigenvalue weighted by atomic mass is 16.4. The van der Waals surface area contributed by atoms with E-state index in [1.54, 1.807) is 6.07 Å². The van der Waals surface area contributed by atoms with E-state index in [9.17, 15) is 9.59 Å². The second-order valence-electron chi connectivity index (χ2n) is 4.37. The number of hydrogen-bond acceptors (Lipinski definition) is 3. The van der Waals surface area contributed by atoms with E-state index < -0.39 is 5.97 Å². The summed E-state index contributed by atoms with van der Waals surface area (Å²) in [6.07, 6.45) is 2.97. The van der Waals surface area contributed by atoms with E-state index in [0.717, 1.165) is 24.2 Å². The van der Waals surface area contributed by atoms with E-state index >= 15 is 0 Å². The number of furan rings is 1. The molecule has 1 aromatic heterocycles. The Morgan fingerprint density at radius 2 is 2.00 bits per heavy atom. The van der Waals surface area contributed by atoms with Crippen molar-refractivity contribution in [3.05, 3.63) is 23.2 Å². The summed E-state index contributed by atoms with van der Waals surface area (Å²) in [5, 5.41) is 11.2. The van der Waals surface area contributed by atoms with E-state index in [4.69, 9.17) is 9.52 Å². The van der Waals surface area contributed by atoms with Crippen molar-refractivity contribution in [1.29, 1.82) is 0 Å². The van der Waals surface area contributed by atoms with Gasteiger partial charge in [-0.2, -0.15) is 0 Å². The third kappa shape index (κ3) is 4.77. The van der Waals surface area contributed by atoms with Gasteiger partial charge in [-0.1, -0.05) is 13.8 Å². The van der Waals surface area contributed by atoms with Gasteiger partial charge in [-0.25, -0.2) is 0 Å². The molecule has 1 heterocycles. The third-order valence-electron chi connectivity index (χ3n) is 2.93. The first-order chi connectivity index (χ1) is 9.08. The number of carbonyl (C=O) groups is 2. The summed E-state index contributed by atoms with van der Waals surface area (Å²) in [6, 6.07) is 1.78. The molecular weight excluding hydrogens is 246 g/mol. The molecule has 0 radical (unpaired) electrons. The highest BCUT2D eigenvalue weighted by Gasteiger charge is 2.14. The van der Waals surface area contributed by atoms with Crippen LogP contribution in [0.25, 0.3) is 0 Å². The Morgan fingerprint density at radius 1 is 1.26 bits per heavy atom. The third-order valence-corrected chi connectivity index (χ3v) is 2.93. The van der Waals surface area contributed by atoms with Crippen LogP contribution in [0.2, 0.25) is 0 Å². The molecule has 0 spiro atoms. The van der Waals surface area contributed by atoms with Crippen molar-refractivity contribution in [2.45, 2.75) is 46.0 Å². The Bertz CT molecular complexity index is 415.